The van der Waals surface area contributed by atoms with Gasteiger partial charge in [-0.05, 0) is 20.8 Å². The fraction of sp³-hybridized carbons (Fsp3) is 0.800. The molecule has 0 aliphatic carbocycles. The van der Waals surface area contributed by atoms with Gasteiger partial charge in [0.15, 0.2) is 0 Å². The van der Waals surface area contributed by atoms with E-state index < -0.39 is 17.2 Å². The number of alkyl carbamates (subject to hydrolysis) is 1. The van der Waals surface area contributed by atoms with Crippen LogP contribution >= 0.6 is 0 Å². The maximum Gasteiger partial charge on any atom is 0.407 e. The van der Waals surface area contributed by atoms with Crippen molar-refractivity contribution >= 4 is 12.0 Å². The zero-order valence-electron chi connectivity index (χ0n) is 10.4. The van der Waals surface area contributed by atoms with Crippen LogP contribution in [0.3, 0.4) is 0 Å². The molecule has 17 heavy (non-hydrogen) atoms. The van der Waals surface area contributed by atoms with E-state index >= 15 is 0 Å². The number of nitrogens with one attached hydrogen (secondary N) is 3. The summed E-state index contributed by atoms with van der Waals surface area (Å²) in [5.74, 6) is -0.212. The molecule has 0 aromatic carbocycles. The fourth-order valence-corrected chi connectivity index (χ4v) is 1.46. The van der Waals surface area contributed by atoms with Gasteiger partial charge >= 0.3 is 6.09 Å². The molecule has 1 aliphatic heterocycles. The van der Waals surface area contributed by atoms with Gasteiger partial charge in [-0.15, -0.1) is 0 Å². The normalized spacial score (nSPS) is 24.4. The average molecular weight is 244 g/mol. The Bertz CT molecular complexity index is 313. The Kier molecular flexibility index (Phi) is 3.94. The highest BCUT2D eigenvalue weighted by atomic mass is 16.6. The van der Waals surface area contributed by atoms with Gasteiger partial charge in [0.25, 0.3) is 0 Å². The summed E-state index contributed by atoms with van der Waals surface area (Å²) in [6.07, 6.45) is -0.563. The molecule has 0 bridgehead atoms. The van der Waals surface area contributed by atoms with Crippen LogP contribution in [0.2, 0.25) is 0 Å². The maximum absolute atomic E-state index is 11.6. The van der Waals surface area contributed by atoms with Gasteiger partial charge in [-0.25, -0.2) is 4.79 Å². The van der Waals surface area contributed by atoms with Crippen LogP contribution in [0.1, 0.15) is 20.8 Å². The molecule has 0 saturated carbocycles. The van der Waals surface area contributed by atoms with Crippen LogP contribution in [0.25, 0.3) is 0 Å². The van der Waals surface area contributed by atoms with E-state index in [2.05, 4.69) is 16.0 Å². The van der Waals surface area contributed by atoms with Crippen molar-refractivity contribution in [3.63, 3.8) is 0 Å². The van der Waals surface area contributed by atoms with Crippen molar-refractivity contribution in [3.8, 4) is 0 Å². The maximum atomic E-state index is 11.6. The Labute approximate surface area is 100 Å². The van der Waals surface area contributed by atoms with E-state index in [0.29, 0.717) is 6.67 Å². The van der Waals surface area contributed by atoms with Crippen molar-refractivity contribution in [1.29, 1.82) is 0 Å². The SMILES string of the molecule is CC(C)(C)OC(=O)NCC1(CN)NCNC1=O. The summed E-state index contributed by atoms with van der Waals surface area (Å²) >= 11 is 0. The molecule has 0 aromatic rings. The highest BCUT2D eigenvalue weighted by molar-refractivity contribution is 5.89. The Hall–Kier alpha value is -1.34. The van der Waals surface area contributed by atoms with E-state index in [1.54, 1.807) is 20.8 Å². The molecule has 1 saturated heterocycles. The van der Waals surface area contributed by atoms with Gasteiger partial charge < -0.3 is 21.1 Å². The van der Waals surface area contributed by atoms with Crippen molar-refractivity contribution in [2.45, 2.75) is 31.9 Å². The molecule has 1 unspecified atom stereocenters. The lowest BCUT2D eigenvalue weighted by molar-refractivity contribution is -0.123. The Morgan fingerprint density at radius 2 is 2.24 bits per heavy atom. The standard InChI is InChI=1S/C10H20N4O3/c1-9(2,3)17-8(16)12-5-10(4-11)7(15)13-6-14-10/h14H,4-6,11H2,1-3H3,(H,12,16)(H,13,15). The fourth-order valence-electron chi connectivity index (χ4n) is 1.46. The first-order valence-electron chi connectivity index (χ1n) is 5.49. The minimum atomic E-state index is -0.934. The first kappa shape index (κ1) is 13.7. The van der Waals surface area contributed by atoms with Crippen LogP contribution in [0.4, 0.5) is 4.79 Å². The summed E-state index contributed by atoms with van der Waals surface area (Å²) < 4.78 is 5.07. The number of hydrogen-bond donors (Lipinski definition) is 4. The molecule has 98 valence electrons. The molecule has 5 N–H and O–H groups in total. The number of nitrogens with two attached hydrogens (primary N) is 1. The highest BCUT2D eigenvalue weighted by Gasteiger charge is 2.41. The third-order valence-corrected chi connectivity index (χ3v) is 2.39. The number of ether oxygens (including phenoxy) is 1. The molecule has 1 aliphatic rings. The lowest BCUT2D eigenvalue weighted by atomic mass is 10.0. The molecule has 7 nitrogen and oxygen atoms in total. The summed E-state index contributed by atoms with van der Waals surface area (Å²) in [6.45, 7) is 5.87. The van der Waals surface area contributed by atoms with Crippen molar-refractivity contribution < 1.29 is 14.3 Å². The van der Waals surface area contributed by atoms with Gasteiger partial charge in [0.2, 0.25) is 5.91 Å². The molecule has 0 radical (unpaired) electrons. The average Bonchev–Trinajstić information content (AvgIpc) is 2.55. The van der Waals surface area contributed by atoms with Gasteiger partial charge in [0, 0.05) is 13.1 Å². The molecule has 2 amide bonds. The third-order valence-electron chi connectivity index (χ3n) is 2.39. The minimum Gasteiger partial charge on any atom is -0.444 e. The highest BCUT2D eigenvalue weighted by Crippen LogP contribution is 2.09. The quantitative estimate of drug-likeness (QED) is 0.503. The number of rotatable bonds is 3. The zero-order chi connectivity index (χ0) is 13.1. The van der Waals surface area contributed by atoms with Gasteiger partial charge in [-0.2, -0.15) is 0 Å². The third kappa shape index (κ3) is 3.57. The molecular formula is C10H20N4O3. The van der Waals surface area contributed by atoms with Crippen LogP contribution in [0.15, 0.2) is 0 Å². The monoisotopic (exact) mass is 244 g/mol. The summed E-state index contributed by atoms with van der Waals surface area (Å²) in [6, 6.07) is 0. The van der Waals surface area contributed by atoms with E-state index in [1.807, 2.05) is 0 Å². The van der Waals surface area contributed by atoms with Crippen molar-refractivity contribution in [1.82, 2.24) is 16.0 Å². The van der Waals surface area contributed by atoms with E-state index in [-0.39, 0.29) is 19.0 Å². The second-order valence-corrected chi connectivity index (χ2v) is 5.00. The van der Waals surface area contributed by atoms with E-state index in [1.165, 1.54) is 0 Å². The lowest BCUT2D eigenvalue weighted by Gasteiger charge is -2.26. The van der Waals surface area contributed by atoms with Crippen LogP contribution in [0, 0.1) is 0 Å². The Morgan fingerprint density at radius 3 is 2.65 bits per heavy atom. The second kappa shape index (κ2) is 4.89. The van der Waals surface area contributed by atoms with Crippen LogP contribution in [-0.2, 0) is 9.53 Å². The van der Waals surface area contributed by atoms with Gasteiger partial charge in [0.05, 0.1) is 6.67 Å². The summed E-state index contributed by atoms with van der Waals surface area (Å²) in [4.78, 5) is 23.0. The molecule has 1 atom stereocenters. The van der Waals surface area contributed by atoms with E-state index in [4.69, 9.17) is 10.5 Å². The topological polar surface area (TPSA) is 105 Å². The molecule has 7 heteroatoms. The van der Waals surface area contributed by atoms with Crippen molar-refractivity contribution in [3.05, 3.63) is 0 Å². The minimum absolute atomic E-state index is 0.101. The van der Waals surface area contributed by atoms with E-state index in [0.717, 1.165) is 0 Å². The zero-order valence-corrected chi connectivity index (χ0v) is 10.4. The molecule has 1 heterocycles. The van der Waals surface area contributed by atoms with Crippen LogP contribution in [0.5, 0.6) is 0 Å². The lowest BCUT2D eigenvalue weighted by Crippen LogP contribution is -2.59. The smallest absolute Gasteiger partial charge is 0.407 e. The van der Waals surface area contributed by atoms with Crippen molar-refractivity contribution in [2.75, 3.05) is 19.8 Å². The number of amides is 2. The molecule has 1 rings (SSSR count). The summed E-state index contributed by atoms with van der Waals surface area (Å²) in [5, 5.41) is 8.08. The van der Waals surface area contributed by atoms with Gasteiger partial charge in [-0.3, -0.25) is 10.1 Å². The Balaban J connectivity index is 2.49. The van der Waals surface area contributed by atoms with E-state index in [9.17, 15) is 9.59 Å². The van der Waals surface area contributed by atoms with Gasteiger partial charge in [0.1, 0.15) is 11.1 Å². The number of carbonyl (C=O) groups is 2. The molecule has 1 fully saturated rings. The summed E-state index contributed by atoms with van der Waals surface area (Å²) in [5.41, 5.74) is 4.06. The van der Waals surface area contributed by atoms with Crippen LogP contribution in [-0.4, -0.2) is 42.9 Å². The molecule has 0 aromatic heterocycles. The number of hydrogen-bond acceptors (Lipinski definition) is 5. The van der Waals surface area contributed by atoms with Crippen LogP contribution < -0.4 is 21.7 Å². The summed E-state index contributed by atoms with van der Waals surface area (Å²) in [7, 11) is 0. The number of carbonyl (C=O) groups excluding carboxylic acids is 2. The predicted molar refractivity (Wildman–Crippen MR) is 62.2 cm³/mol. The largest absolute Gasteiger partial charge is 0.444 e. The Morgan fingerprint density at radius 1 is 1.59 bits per heavy atom. The van der Waals surface area contributed by atoms with Gasteiger partial charge in [-0.1, -0.05) is 0 Å². The first-order valence-corrected chi connectivity index (χ1v) is 5.49. The predicted octanol–water partition coefficient (Wildman–Crippen LogP) is -1.11. The second-order valence-electron chi connectivity index (χ2n) is 5.00. The molecule has 0 spiro atoms. The van der Waals surface area contributed by atoms with Crippen molar-refractivity contribution in [2.24, 2.45) is 5.73 Å². The molecular weight excluding hydrogens is 224 g/mol. The first-order chi connectivity index (χ1) is 7.79.